The number of nitro benzene ring substituents is 1. The Morgan fingerprint density at radius 3 is 1.26 bits per heavy atom. The fraction of sp³-hybridized carbons (Fsp3) is 0. The van der Waals surface area contributed by atoms with Gasteiger partial charge < -0.3 is 5.32 Å². The summed E-state index contributed by atoms with van der Waals surface area (Å²) in [4.78, 5) is 73.6. The van der Waals surface area contributed by atoms with Crippen molar-refractivity contribution < 1.29 is 28.9 Å². The van der Waals surface area contributed by atoms with Gasteiger partial charge in [-0.1, -0.05) is 36.4 Å². The summed E-state index contributed by atoms with van der Waals surface area (Å²) in [6.07, 6.45) is 0. The minimum atomic E-state index is -0.812. The number of nitro groups is 1. The van der Waals surface area contributed by atoms with E-state index in [1.54, 1.807) is 60.7 Å². The summed E-state index contributed by atoms with van der Waals surface area (Å²) in [5.41, 5.74) is 9.24. The second-order valence-corrected chi connectivity index (χ2v) is 8.61. The molecule has 0 unspecified atom stereocenters. The molecule has 0 aliphatic carbocycles. The minimum absolute atomic E-state index is 0.0138. The van der Waals surface area contributed by atoms with Crippen molar-refractivity contribution in [3.05, 3.63) is 141 Å². The highest BCUT2D eigenvalue weighted by Gasteiger charge is 2.17. The van der Waals surface area contributed by atoms with Crippen LogP contribution in [-0.2, 0) is 0 Å². The van der Waals surface area contributed by atoms with E-state index in [0.717, 1.165) is 12.1 Å². The van der Waals surface area contributed by atoms with Gasteiger partial charge in [0.2, 0.25) is 0 Å². The normalized spacial score (nSPS) is 10.1. The van der Waals surface area contributed by atoms with Crippen LogP contribution in [0.2, 0.25) is 0 Å². The van der Waals surface area contributed by atoms with Crippen LogP contribution in [0.5, 0.6) is 0 Å². The summed E-state index contributed by atoms with van der Waals surface area (Å²) in [6.45, 7) is 0. The third-order valence-electron chi connectivity index (χ3n) is 5.71. The number of benzene rings is 4. The molecule has 0 aliphatic heterocycles. The molecule has 0 radical (unpaired) electrons. The average Bonchev–Trinajstić information content (AvgIpc) is 3.02. The van der Waals surface area contributed by atoms with Crippen LogP contribution in [0, 0.1) is 10.1 Å². The lowest BCUT2D eigenvalue weighted by atomic mass is 10.1. The van der Waals surface area contributed by atoms with E-state index in [1.807, 2.05) is 0 Å². The average molecular weight is 567 g/mol. The standard InChI is InChI=1S/C29H22N6O7/c36-25(20-11-13-24(14-12-20)35(41)42)30-23-16-21(28(39)33-31-26(37)18-7-3-1-4-8-18)15-22(17-23)29(40)34-32-27(38)19-9-5-2-6-10-19/h1-17H,(H,30,36)(H,31,37)(H,32,38)(H,33,39)(H,34,40). The first-order valence-corrected chi connectivity index (χ1v) is 12.2. The number of hydrogen-bond acceptors (Lipinski definition) is 7. The van der Waals surface area contributed by atoms with Crippen molar-refractivity contribution in [2.75, 3.05) is 5.32 Å². The lowest BCUT2D eigenvalue weighted by molar-refractivity contribution is -0.384. The molecule has 13 nitrogen and oxygen atoms in total. The number of hydrazine groups is 2. The van der Waals surface area contributed by atoms with Crippen molar-refractivity contribution in [1.29, 1.82) is 0 Å². The number of rotatable bonds is 7. The van der Waals surface area contributed by atoms with Crippen molar-refractivity contribution in [3.63, 3.8) is 0 Å². The lowest BCUT2D eigenvalue weighted by Crippen LogP contribution is -2.42. The third kappa shape index (κ3) is 7.39. The summed E-state index contributed by atoms with van der Waals surface area (Å²) >= 11 is 0. The molecule has 42 heavy (non-hydrogen) atoms. The zero-order valence-electron chi connectivity index (χ0n) is 21.6. The maximum atomic E-state index is 12.9. The Labute approximate surface area is 238 Å². The first kappa shape index (κ1) is 28.6. The molecule has 0 saturated heterocycles. The second kappa shape index (κ2) is 13.1. The topological polar surface area (TPSA) is 189 Å². The van der Waals surface area contributed by atoms with E-state index in [9.17, 15) is 34.1 Å². The highest BCUT2D eigenvalue weighted by atomic mass is 16.6. The predicted molar refractivity (Wildman–Crippen MR) is 150 cm³/mol. The van der Waals surface area contributed by atoms with Crippen molar-refractivity contribution >= 4 is 40.9 Å². The molecular weight excluding hydrogens is 544 g/mol. The van der Waals surface area contributed by atoms with Gasteiger partial charge >= 0.3 is 0 Å². The Balaban J connectivity index is 1.54. The van der Waals surface area contributed by atoms with Gasteiger partial charge in [-0.15, -0.1) is 0 Å². The number of carbonyl (C=O) groups excluding carboxylic acids is 5. The highest BCUT2D eigenvalue weighted by molar-refractivity contribution is 6.07. The fourth-order valence-electron chi connectivity index (χ4n) is 3.59. The number of anilines is 1. The maximum Gasteiger partial charge on any atom is 0.269 e. The molecule has 210 valence electrons. The molecule has 0 aliphatic rings. The summed E-state index contributed by atoms with van der Waals surface area (Å²) in [7, 11) is 0. The van der Waals surface area contributed by atoms with Crippen LogP contribution in [0.1, 0.15) is 51.8 Å². The van der Waals surface area contributed by atoms with Gasteiger partial charge in [0.05, 0.1) is 4.92 Å². The van der Waals surface area contributed by atoms with Crippen LogP contribution in [0.25, 0.3) is 0 Å². The van der Waals surface area contributed by atoms with E-state index in [1.165, 1.54) is 30.3 Å². The largest absolute Gasteiger partial charge is 0.322 e. The van der Waals surface area contributed by atoms with Crippen LogP contribution in [0.3, 0.4) is 0 Å². The molecule has 0 spiro atoms. The molecule has 0 aromatic heterocycles. The first-order chi connectivity index (χ1) is 20.2. The van der Waals surface area contributed by atoms with Gasteiger partial charge in [0.25, 0.3) is 35.2 Å². The van der Waals surface area contributed by atoms with E-state index in [0.29, 0.717) is 0 Å². The molecule has 4 aromatic carbocycles. The molecule has 4 aromatic rings. The molecule has 5 amide bonds. The van der Waals surface area contributed by atoms with Gasteiger partial charge in [-0.05, 0) is 54.6 Å². The van der Waals surface area contributed by atoms with Gasteiger partial charge in [0.1, 0.15) is 0 Å². The molecule has 13 heteroatoms. The number of non-ortho nitro benzene ring substituents is 1. The number of hydrogen-bond donors (Lipinski definition) is 5. The lowest BCUT2D eigenvalue weighted by Gasteiger charge is -2.13. The quantitative estimate of drug-likeness (QED) is 0.168. The SMILES string of the molecule is O=C(NNC(=O)c1cc(NC(=O)c2ccc([N+](=O)[O-])cc2)cc(C(=O)NNC(=O)c2ccccc2)c1)c1ccccc1. The van der Waals surface area contributed by atoms with Crippen LogP contribution >= 0.6 is 0 Å². The monoisotopic (exact) mass is 566 g/mol. The van der Waals surface area contributed by atoms with Crippen molar-refractivity contribution in [2.24, 2.45) is 0 Å². The smallest absolute Gasteiger partial charge is 0.269 e. The molecule has 0 saturated carbocycles. The van der Waals surface area contributed by atoms with Gasteiger partial charge in [-0.25, -0.2) is 0 Å². The Bertz CT molecular complexity index is 1570. The summed E-state index contributed by atoms with van der Waals surface area (Å²) in [6, 6.07) is 24.7. The molecule has 0 atom stereocenters. The summed E-state index contributed by atoms with van der Waals surface area (Å²) in [5, 5.41) is 13.4. The van der Waals surface area contributed by atoms with E-state index in [4.69, 9.17) is 0 Å². The molecule has 0 bridgehead atoms. The summed E-state index contributed by atoms with van der Waals surface area (Å²) < 4.78 is 0. The third-order valence-corrected chi connectivity index (χ3v) is 5.71. The molecule has 5 N–H and O–H groups in total. The highest BCUT2D eigenvalue weighted by Crippen LogP contribution is 2.18. The van der Waals surface area contributed by atoms with Crippen LogP contribution < -0.4 is 27.0 Å². The van der Waals surface area contributed by atoms with E-state index in [-0.39, 0.29) is 39.2 Å². The van der Waals surface area contributed by atoms with Crippen molar-refractivity contribution in [1.82, 2.24) is 21.7 Å². The second-order valence-electron chi connectivity index (χ2n) is 8.61. The van der Waals surface area contributed by atoms with Gasteiger partial charge in [-0.2, -0.15) is 0 Å². The van der Waals surface area contributed by atoms with Crippen molar-refractivity contribution in [3.8, 4) is 0 Å². The van der Waals surface area contributed by atoms with Crippen LogP contribution in [0.4, 0.5) is 11.4 Å². The zero-order valence-corrected chi connectivity index (χ0v) is 21.6. The number of amides is 5. The molecule has 0 fully saturated rings. The Hall–Kier alpha value is -6.37. The predicted octanol–water partition coefficient (Wildman–Crippen LogP) is 3.00. The fourth-order valence-corrected chi connectivity index (χ4v) is 3.59. The van der Waals surface area contributed by atoms with Crippen molar-refractivity contribution in [2.45, 2.75) is 0 Å². The minimum Gasteiger partial charge on any atom is -0.322 e. The van der Waals surface area contributed by atoms with Crippen LogP contribution in [0.15, 0.2) is 103 Å². The van der Waals surface area contributed by atoms with Gasteiger partial charge in [-0.3, -0.25) is 55.8 Å². The van der Waals surface area contributed by atoms with Crippen LogP contribution in [-0.4, -0.2) is 34.5 Å². The summed E-state index contributed by atoms with van der Waals surface area (Å²) in [5.74, 6) is -3.48. The van der Waals surface area contributed by atoms with E-state index < -0.39 is 34.5 Å². The Morgan fingerprint density at radius 2 is 0.857 bits per heavy atom. The number of nitrogens with zero attached hydrogens (tertiary/aromatic N) is 1. The molecular formula is C29H22N6O7. The molecule has 0 heterocycles. The zero-order chi connectivity index (χ0) is 30.1. The Morgan fingerprint density at radius 1 is 0.476 bits per heavy atom. The number of nitrogens with one attached hydrogen (secondary N) is 5. The van der Waals surface area contributed by atoms with Gasteiger partial charge in [0, 0.05) is 45.6 Å². The van der Waals surface area contributed by atoms with Gasteiger partial charge in [0.15, 0.2) is 0 Å². The Kier molecular flexibility index (Phi) is 8.95. The van der Waals surface area contributed by atoms with E-state index >= 15 is 0 Å². The molecule has 4 rings (SSSR count). The van der Waals surface area contributed by atoms with E-state index in [2.05, 4.69) is 27.0 Å². The number of carbonyl (C=O) groups is 5. The first-order valence-electron chi connectivity index (χ1n) is 12.2. The maximum absolute atomic E-state index is 12.9.